The van der Waals surface area contributed by atoms with Crippen molar-refractivity contribution < 1.29 is 13.2 Å². The lowest BCUT2D eigenvalue weighted by molar-refractivity contribution is -0.139. The molecule has 2 aliphatic rings. The molecule has 3 rings (SSSR count). The fourth-order valence-electron chi connectivity index (χ4n) is 3.03. The minimum atomic E-state index is -3.19. The van der Waals surface area contributed by atoms with Gasteiger partial charge in [0.1, 0.15) is 0 Å². The quantitative estimate of drug-likeness (QED) is 0.783. The van der Waals surface area contributed by atoms with Gasteiger partial charge in [-0.25, -0.2) is 12.7 Å². The fraction of sp³-hybridized carbons (Fsp3) is 0.533. The van der Waals surface area contributed by atoms with Gasteiger partial charge in [0.15, 0.2) is 0 Å². The second kappa shape index (κ2) is 6.71. The summed E-state index contributed by atoms with van der Waals surface area (Å²) in [6.07, 6.45) is 1.17. The lowest BCUT2D eigenvalue weighted by Gasteiger charge is -2.42. The number of hydrogen-bond donors (Lipinski definition) is 0. The molecule has 1 aromatic carbocycles. The predicted molar refractivity (Wildman–Crippen MR) is 95.2 cm³/mol. The first-order valence-corrected chi connectivity index (χ1v) is 10.3. The van der Waals surface area contributed by atoms with Crippen molar-refractivity contribution in [3.05, 3.63) is 28.2 Å². The van der Waals surface area contributed by atoms with E-state index in [1.165, 1.54) is 10.6 Å². The molecule has 9 heteroatoms. The highest BCUT2D eigenvalue weighted by atomic mass is 35.5. The van der Waals surface area contributed by atoms with Crippen LogP contribution in [0.3, 0.4) is 0 Å². The number of carbonyl (C=O) groups is 1. The van der Waals surface area contributed by atoms with E-state index in [0.29, 0.717) is 36.2 Å². The van der Waals surface area contributed by atoms with E-state index in [0.717, 1.165) is 5.69 Å². The van der Waals surface area contributed by atoms with Crippen LogP contribution < -0.4 is 4.90 Å². The molecule has 0 saturated carbocycles. The summed E-state index contributed by atoms with van der Waals surface area (Å²) in [5.74, 6) is -0.187. The molecule has 1 aromatic rings. The maximum absolute atomic E-state index is 12.5. The van der Waals surface area contributed by atoms with Gasteiger partial charge < -0.3 is 9.80 Å². The van der Waals surface area contributed by atoms with E-state index in [9.17, 15) is 13.2 Å². The highest BCUT2D eigenvalue weighted by molar-refractivity contribution is 7.88. The summed E-state index contributed by atoms with van der Waals surface area (Å²) in [6, 6.07) is 5.52. The summed E-state index contributed by atoms with van der Waals surface area (Å²) >= 11 is 12.3. The lowest BCUT2D eigenvalue weighted by Crippen LogP contribution is -2.58. The fourth-order valence-corrected chi connectivity index (χ4v) is 4.34. The van der Waals surface area contributed by atoms with E-state index in [4.69, 9.17) is 23.2 Å². The van der Waals surface area contributed by atoms with Crippen molar-refractivity contribution in [2.75, 3.05) is 50.4 Å². The summed E-state index contributed by atoms with van der Waals surface area (Å²) in [5.41, 5.74) is 0.878. The Hall–Kier alpha value is -1.02. The Morgan fingerprint density at radius 1 is 1.12 bits per heavy atom. The highest BCUT2D eigenvalue weighted by Crippen LogP contribution is 2.33. The van der Waals surface area contributed by atoms with Crippen molar-refractivity contribution >= 4 is 44.8 Å². The number of hydrogen-bond acceptors (Lipinski definition) is 4. The number of anilines is 1. The van der Waals surface area contributed by atoms with E-state index in [-0.39, 0.29) is 24.9 Å². The van der Waals surface area contributed by atoms with Gasteiger partial charge in [0, 0.05) is 39.3 Å². The molecule has 0 N–H and O–H groups in total. The topological polar surface area (TPSA) is 60.9 Å². The largest absolute Gasteiger partial charge is 0.367 e. The van der Waals surface area contributed by atoms with Crippen LogP contribution in [0, 0.1) is 5.92 Å². The third-order valence-corrected chi connectivity index (χ3v) is 6.57. The van der Waals surface area contributed by atoms with Gasteiger partial charge in [-0.05, 0) is 12.1 Å². The van der Waals surface area contributed by atoms with Crippen LogP contribution in [0.4, 0.5) is 5.69 Å². The Labute approximate surface area is 152 Å². The minimum Gasteiger partial charge on any atom is -0.367 e. The predicted octanol–water partition coefficient (Wildman–Crippen LogP) is 1.53. The van der Waals surface area contributed by atoms with Gasteiger partial charge in [0.25, 0.3) is 0 Å². The van der Waals surface area contributed by atoms with Crippen LogP contribution in [0.5, 0.6) is 0 Å². The van der Waals surface area contributed by atoms with Crippen LogP contribution in [0.1, 0.15) is 0 Å². The minimum absolute atomic E-state index is 0.0340. The zero-order valence-electron chi connectivity index (χ0n) is 13.3. The molecule has 0 atom stereocenters. The normalized spacial score (nSPS) is 20.1. The summed E-state index contributed by atoms with van der Waals surface area (Å²) in [5, 5.41) is 1.05. The van der Waals surface area contributed by atoms with Gasteiger partial charge in [-0.15, -0.1) is 0 Å². The molecule has 2 heterocycles. The summed E-state index contributed by atoms with van der Waals surface area (Å²) < 4.78 is 24.1. The molecule has 2 fully saturated rings. The van der Waals surface area contributed by atoms with E-state index in [1.807, 2.05) is 12.1 Å². The van der Waals surface area contributed by atoms with Crippen molar-refractivity contribution in [2.24, 2.45) is 5.92 Å². The number of rotatable bonds is 3. The Kier molecular flexibility index (Phi) is 4.97. The van der Waals surface area contributed by atoms with Crippen LogP contribution >= 0.6 is 23.2 Å². The van der Waals surface area contributed by atoms with Crippen LogP contribution in [0.25, 0.3) is 0 Å². The molecule has 24 heavy (non-hydrogen) atoms. The molecule has 2 saturated heterocycles. The standard InChI is InChI=1S/C15H19Cl2N3O3S/c1-24(22,23)20-9-11(10-20)15(21)19-7-5-18(6-8-19)13-4-2-3-12(16)14(13)17/h2-4,11H,5-10H2,1H3. The van der Waals surface area contributed by atoms with Crippen LogP contribution in [0.15, 0.2) is 18.2 Å². The zero-order valence-corrected chi connectivity index (χ0v) is 15.6. The Morgan fingerprint density at radius 2 is 1.75 bits per heavy atom. The van der Waals surface area contributed by atoms with Gasteiger partial charge in [-0.1, -0.05) is 29.3 Å². The average molecular weight is 392 g/mol. The lowest BCUT2D eigenvalue weighted by atomic mass is 10.0. The molecule has 0 radical (unpaired) electrons. The molecule has 0 unspecified atom stereocenters. The number of carbonyl (C=O) groups excluding carboxylic acids is 1. The second-order valence-corrected chi connectivity index (χ2v) is 8.93. The van der Waals surface area contributed by atoms with E-state index >= 15 is 0 Å². The number of benzene rings is 1. The monoisotopic (exact) mass is 391 g/mol. The van der Waals surface area contributed by atoms with Crippen molar-refractivity contribution in [1.82, 2.24) is 9.21 Å². The van der Waals surface area contributed by atoms with Crippen molar-refractivity contribution in [3.8, 4) is 0 Å². The first-order valence-electron chi connectivity index (χ1n) is 7.70. The van der Waals surface area contributed by atoms with Gasteiger partial charge in [0.05, 0.1) is 27.9 Å². The van der Waals surface area contributed by atoms with Crippen molar-refractivity contribution in [3.63, 3.8) is 0 Å². The number of halogens is 2. The van der Waals surface area contributed by atoms with Gasteiger partial charge in [0.2, 0.25) is 15.9 Å². The van der Waals surface area contributed by atoms with Crippen LogP contribution in [-0.2, 0) is 14.8 Å². The van der Waals surface area contributed by atoms with Gasteiger partial charge >= 0.3 is 0 Å². The van der Waals surface area contributed by atoms with Crippen LogP contribution in [0.2, 0.25) is 10.0 Å². The molecule has 6 nitrogen and oxygen atoms in total. The molecular weight excluding hydrogens is 373 g/mol. The first-order chi connectivity index (χ1) is 11.3. The molecule has 0 bridgehead atoms. The number of amides is 1. The zero-order chi connectivity index (χ0) is 17.5. The van der Waals surface area contributed by atoms with E-state index in [2.05, 4.69) is 4.90 Å². The Balaban J connectivity index is 1.56. The number of nitrogens with zero attached hydrogens (tertiary/aromatic N) is 3. The summed E-state index contributed by atoms with van der Waals surface area (Å²) in [7, 11) is -3.19. The van der Waals surface area contributed by atoms with E-state index in [1.54, 1.807) is 11.0 Å². The van der Waals surface area contributed by atoms with Crippen molar-refractivity contribution in [1.29, 1.82) is 0 Å². The molecular formula is C15H19Cl2N3O3S. The summed E-state index contributed by atoms with van der Waals surface area (Å²) in [6.45, 7) is 3.12. The second-order valence-electron chi connectivity index (χ2n) is 6.16. The molecule has 0 aliphatic carbocycles. The van der Waals surface area contributed by atoms with Crippen LogP contribution in [-0.4, -0.2) is 69.1 Å². The Bertz CT molecular complexity index is 742. The van der Waals surface area contributed by atoms with Gasteiger partial charge in [-0.2, -0.15) is 0 Å². The third-order valence-electron chi connectivity index (χ3n) is 4.53. The maximum Gasteiger partial charge on any atom is 0.228 e. The molecule has 1 amide bonds. The average Bonchev–Trinajstić information content (AvgIpc) is 2.47. The number of sulfonamides is 1. The SMILES string of the molecule is CS(=O)(=O)N1CC(C(=O)N2CCN(c3cccc(Cl)c3Cl)CC2)C1. The Morgan fingerprint density at radius 3 is 2.33 bits per heavy atom. The maximum atomic E-state index is 12.5. The first kappa shape index (κ1) is 17.8. The number of piperazine rings is 1. The van der Waals surface area contributed by atoms with Crippen molar-refractivity contribution in [2.45, 2.75) is 0 Å². The van der Waals surface area contributed by atoms with Gasteiger partial charge in [-0.3, -0.25) is 4.79 Å². The molecule has 0 spiro atoms. The third kappa shape index (κ3) is 3.49. The smallest absolute Gasteiger partial charge is 0.228 e. The summed E-state index contributed by atoms with van der Waals surface area (Å²) in [4.78, 5) is 16.4. The molecule has 2 aliphatic heterocycles. The molecule has 0 aromatic heterocycles. The molecule has 132 valence electrons. The van der Waals surface area contributed by atoms with E-state index < -0.39 is 10.0 Å². The highest BCUT2D eigenvalue weighted by Gasteiger charge is 2.40.